The molecule has 0 atom stereocenters. The van der Waals surface area contributed by atoms with Crippen LogP contribution in [0, 0.1) is 20.8 Å². The van der Waals surface area contributed by atoms with E-state index in [0.717, 1.165) is 16.8 Å². The lowest BCUT2D eigenvalue weighted by Gasteiger charge is -2.11. The van der Waals surface area contributed by atoms with Crippen molar-refractivity contribution in [3.05, 3.63) is 28.8 Å². The van der Waals surface area contributed by atoms with Gasteiger partial charge in [-0.1, -0.05) is 17.7 Å². The molecule has 0 aliphatic rings. The summed E-state index contributed by atoms with van der Waals surface area (Å²) in [6.07, 6.45) is 0. The van der Waals surface area contributed by atoms with Crippen LogP contribution in [0.1, 0.15) is 16.7 Å². The van der Waals surface area contributed by atoms with Crippen LogP contribution in [0.15, 0.2) is 12.1 Å². The Bertz CT molecular complexity index is 335. The van der Waals surface area contributed by atoms with Gasteiger partial charge < -0.3 is 10.4 Å². The van der Waals surface area contributed by atoms with E-state index in [2.05, 4.69) is 5.32 Å². The number of hydrogen-bond acceptors (Lipinski definition) is 2. The van der Waals surface area contributed by atoms with Crippen LogP contribution in [0.25, 0.3) is 0 Å². The van der Waals surface area contributed by atoms with Gasteiger partial charge in [0.2, 0.25) is 5.91 Å². The maximum atomic E-state index is 11.0. The number of carbonyl (C=O) groups is 1. The Kier molecular flexibility index (Phi) is 3.25. The van der Waals surface area contributed by atoms with Crippen LogP contribution in [0.3, 0.4) is 0 Å². The van der Waals surface area contributed by atoms with Crippen LogP contribution < -0.4 is 5.32 Å². The van der Waals surface area contributed by atoms with Gasteiger partial charge in [-0.2, -0.15) is 0 Å². The molecule has 0 saturated heterocycles. The first-order valence-corrected chi connectivity index (χ1v) is 4.53. The molecule has 3 nitrogen and oxygen atoms in total. The van der Waals surface area contributed by atoms with Gasteiger partial charge in [0.15, 0.2) is 0 Å². The Morgan fingerprint density at radius 2 is 1.79 bits per heavy atom. The Morgan fingerprint density at radius 1 is 1.29 bits per heavy atom. The minimum Gasteiger partial charge on any atom is -0.387 e. The largest absolute Gasteiger partial charge is 0.387 e. The lowest BCUT2D eigenvalue weighted by Crippen LogP contribution is -2.17. The minimum absolute atomic E-state index is 0.375. The monoisotopic (exact) mass is 193 g/mol. The zero-order chi connectivity index (χ0) is 10.7. The molecule has 0 radical (unpaired) electrons. The van der Waals surface area contributed by atoms with Crippen molar-refractivity contribution in [3.8, 4) is 0 Å². The van der Waals surface area contributed by atoms with Crippen molar-refractivity contribution in [1.29, 1.82) is 0 Å². The molecule has 0 aromatic heterocycles. The van der Waals surface area contributed by atoms with Gasteiger partial charge in [0.25, 0.3) is 0 Å². The van der Waals surface area contributed by atoms with Crippen molar-refractivity contribution >= 4 is 11.6 Å². The maximum Gasteiger partial charge on any atom is 0.250 e. The third kappa shape index (κ3) is 2.33. The lowest BCUT2D eigenvalue weighted by atomic mass is 10.1. The molecule has 0 unspecified atom stereocenters. The van der Waals surface area contributed by atoms with E-state index in [1.165, 1.54) is 5.56 Å². The summed E-state index contributed by atoms with van der Waals surface area (Å²) >= 11 is 0. The molecule has 1 rings (SSSR count). The van der Waals surface area contributed by atoms with E-state index in [1.54, 1.807) is 0 Å². The van der Waals surface area contributed by atoms with Crippen molar-refractivity contribution in [2.24, 2.45) is 0 Å². The van der Waals surface area contributed by atoms with Crippen molar-refractivity contribution in [1.82, 2.24) is 0 Å². The number of aryl methyl sites for hydroxylation is 3. The number of carbonyl (C=O) groups excluding carboxylic acids is 1. The van der Waals surface area contributed by atoms with E-state index < -0.39 is 6.61 Å². The molecule has 1 aromatic carbocycles. The average Bonchev–Trinajstić information content (AvgIpc) is 2.10. The van der Waals surface area contributed by atoms with Gasteiger partial charge in [0.1, 0.15) is 6.61 Å². The van der Waals surface area contributed by atoms with Crippen molar-refractivity contribution in [2.75, 3.05) is 11.9 Å². The fourth-order valence-electron chi connectivity index (χ4n) is 1.56. The summed E-state index contributed by atoms with van der Waals surface area (Å²) in [4.78, 5) is 11.0. The normalized spacial score (nSPS) is 10.0. The van der Waals surface area contributed by atoms with Crippen molar-refractivity contribution in [2.45, 2.75) is 20.8 Å². The number of anilines is 1. The predicted octanol–water partition coefficient (Wildman–Crippen LogP) is 1.54. The first kappa shape index (κ1) is 10.7. The van der Waals surface area contributed by atoms with Crippen molar-refractivity contribution in [3.63, 3.8) is 0 Å². The highest BCUT2D eigenvalue weighted by molar-refractivity contribution is 5.93. The molecule has 76 valence electrons. The predicted molar refractivity (Wildman–Crippen MR) is 56.4 cm³/mol. The standard InChI is InChI=1S/C11H15NO2/c1-7-4-8(2)11(9(3)5-7)12-10(14)6-13/h4-5,13H,6H2,1-3H3,(H,12,14). The number of aliphatic hydroxyl groups is 1. The third-order valence-corrected chi connectivity index (χ3v) is 2.09. The Hall–Kier alpha value is -1.35. The van der Waals surface area contributed by atoms with Gasteiger partial charge in [0.05, 0.1) is 0 Å². The lowest BCUT2D eigenvalue weighted by molar-refractivity contribution is -0.118. The summed E-state index contributed by atoms with van der Waals surface area (Å²) in [7, 11) is 0. The van der Waals surface area contributed by atoms with E-state index >= 15 is 0 Å². The smallest absolute Gasteiger partial charge is 0.250 e. The van der Waals surface area contributed by atoms with Gasteiger partial charge in [-0.05, 0) is 31.9 Å². The zero-order valence-electron chi connectivity index (χ0n) is 8.72. The molecule has 0 aliphatic carbocycles. The van der Waals surface area contributed by atoms with Crippen LogP contribution in [0.4, 0.5) is 5.69 Å². The SMILES string of the molecule is Cc1cc(C)c(NC(=O)CO)c(C)c1. The summed E-state index contributed by atoms with van der Waals surface area (Å²) in [6, 6.07) is 4.00. The summed E-state index contributed by atoms with van der Waals surface area (Å²) in [6.45, 7) is 5.41. The second-order valence-electron chi connectivity index (χ2n) is 3.48. The van der Waals surface area contributed by atoms with E-state index in [9.17, 15) is 4.79 Å². The average molecular weight is 193 g/mol. The van der Waals surface area contributed by atoms with Gasteiger partial charge in [-0.25, -0.2) is 0 Å². The summed E-state index contributed by atoms with van der Waals surface area (Å²) in [5, 5.41) is 11.3. The van der Waals surface area contributed by atoms with E-state index in [4.69, 9.17) is 5.11 Å². The molecular weight excluding hydrogens is 178 g/mol. The quantitative estimate of drug-likeness (QED) is 0.748. The molecule has 0 saturated carbocycles. The van der Waals surface area contributed by atoms with Crippen LogP contribution in [-0.4, -0.2) is 17.6 Å². The summed E-state index contributed by atoms with van der Waals surface area (Å²) in [5.74, 6) is -0.375. The van der Waals surface area contributed by atoms with Crippen molar-refractivity contribution < 1.29 is 9.90 Å². The molecule has 0 spiro atoms. The second-order valence-corrected chi connectivity index (χ2v) is 3.48. The molecular formula is C11H15NO2. The molecule has 0 fully saturated rings. The third-order valence-electron chi connectivity index (χ3n) is 2.09. The van der Waals surface area contributed by atoms with Gasteiger partial charge in [0, 0.05) is 5.69 Å². The number of benzene rings is 1. The van der Waals surface area contributed by atoms with Crippen LogP contribution in [0.5, 0.6) is 0 Å². The van der Waals surface area contributed by atoms with E-state index in [0.29, 0.717) is 0 Å². The van der Waals surface area contributed by atoms with E-state index in [1.807, 2.05) is 32.9 Å². The van der Waals surface area contributed by atoms with E-state index in [-0.39, 0.29) is 5.91 Å². The molecule has 2 N–H and O–H groups in total. The van der Waals surface area contributed by atoms with Gasteiger partial charge in [-0.15, -0.1) is 0 Å². The highest BCUT2D eigenvalue weighted by atomic mass is 16.3. The fraction of sp³-hybridized carbons (Fsp3) is 0.364. The number of nitrogens with one attached hydrogen (secondary N) is 1. The minimum atomic E-state index is -0.479. The van der Waals surface area contributed by atoms with Gasteiger partial charge in [-0.3, -0.25) is 4.79 Å². The topological polar surface area (TPSA) is 49.3 Å². The number of aliphatic hydroxyl groups excluding tert-OH is 1. The molecule has 3 heteroatoms. The first-order valence-electron chi connectivity index (χ1n) is 4.53. The number of rotatable bonds is 2. The summed E-state index contributed by atoms with van der Waals surface area (Å²) in [5.41, 5.74) is 4.00. The highest BCUT2D eigenvalue weighted by Crippen LogP contribution is 2.21. The molecule has 0 bridgehead atoms. The Morgan fingerprint density at radius 3 is 2.21 bits per heavy atom. The molecule has 1 aromatic rings. The van der Waals surface area contributed by atoms with Gasteiger partial charge >= 0.3 is 0 Å². The fourth-order valence-corrected chi connectivity index (χ4v) is 1.56. The Labute approximate surface area is 83.8 Å². The van der Waals surface area contributed by atoms with Crippen LogP contribution in [0.2, 0.25) is 0 Å². The Balaban J connectivity index is 3.02. The molecule has 0 heterocycles. The maximum absolute atomic E-state index is 11.0. The molecule has 1 amide bonds. The second kappa shape index (κ2) is 4.24. The van der Waals surface area contributed by atoms with Crippen LogP contribution in [-0.2, 0) is 4.79 Å². The highest BCUT2D eigenvalue weighted by Gasteiger charge is 2.06. The molecule has 0 aliphatic heterocycles. The molecule has 14 heavy (non-hydrogen) atoms. The summed E-state index contributed by atoms with van der Waals surface area (Å²) < 4.78 is 0. The first-order chi connectivity index (χ1) is 6.54. The number of amides is 1. The zero-order valence-corrected chi connectivity index (χ0v) is 8.72. The number of hydrogen-bond donors (Lipinski definition) is 2. The van der Waals surface area contributed by atoms with Crippen LogP contribution >= 0.6 is 0 Å².